The Bertz CT molecular complexity index is 787. The molecule has 8 heteroatoms. The van der Waals surface area contributed by atoms with Crippen LogP contribution in [0.2, 0.25) is 0 Å². The lowest BCUT2D eigenvalue weighted by atomic mass is 10.1. The van der Waals surface area contributed by atoms with Crippen LogP contribution in [0.1, 0.15) is 18.1 Å². The Labute approximate surface area is 154 Å². The first-order valence-corrected chi connectivity index (χ1v) is 8.76. The van der Waals surface area contributed by atoms with Gasteiger partial charge in [-0.15, -0.1) is 11.8 Å². The van der Waals surface area contributed by atoms with Crippen LogP contribution in [0.25, 0.3) is 11.3 Å². The van der Waals surface area contributed by atoms with E-state index in [1.807, 2.05) is 6.92 Å². The van der Waals surface area contributed by atoms with Gasteiger partial charge in [-0.1, -0.05) is 0 Å². The predicted octanol–water partition coefficient (Wildman–Crippen LogP) is 4.78. The van der Waals surface area contributed by atoms with Crippen LogP contribution in [-0.4, -0.2) is 31.1 Å². The molecule has 0 spiro atoms. The van der Waals surface area contributed by atoms with Crippen LogP contribution >= 0.6 is 11.8 Å². The monoisotopic (exact) mass is 382 g/mol. The molecule has 0 fully saturated rings. The van der Waals surface area contributed by atoms with Crippen molar-refractivity contribution in [3.63, 3.8) is 0 Å². The molecule has 1 aromatic heterocycles. The first kappa shape index (κ1) is 20.1. The fourth-order valence-corrected chi connectivity index (χ4v) is 3.07. The molecule has 0 bridgehead atoms. The van der Waals surface area contributed by atoms with E-state index in [-0.39, 0.29) is 10.7 Å². The van der Waals surface area contributed by atoms with E-state index in [0.717, 1.165) is 17.8 Å². The van der Waals surface area contributed by atoms with Crippen molar-refractivity contribution in [2.45, 2.75) is 18.1 Å². The lowest BCUT2D eigenvalue weighted by molar-refractivity contribution is -0.138. The number of aromatic nitrogens is 1. The number of pyridine rings is 1. The Morgan fingerprint density at radius 2 is 1.92 bits per heavy atom. The standard InChI is InChI=1S/C18H17F3N2O2S/c1-3-25-8-9-26-17-14(11-22)15(18(19,20)21)10-16(23-17)12-4-6-13(24-2)7-5-12/h4-7,10H,3,8-9H2,1-2H3. The largest absolute Gasteiger partial charge is 0.497 e. The van der Waals surface area contributed by atoms with Crippen molar-refractivity contribution in [3.05, 3.63) is 41.5 Å². The SMILES string of the molecule is CCOCCSc1nc(-c2ccc(OC)cc2)cc(C(F)(F)F)c1C#N. The van der Waals surface area contributed by atoms with Crippen LogP contribution in [0, 0.1) is 11.3 Å². The molecule has 2 rings (SSSR count). The molecule has 0 saturated heterocycles. The number of hydrogen-bond donors (Lipinski definition) is 0. The minimum Gasteiger partial charge on any atom is -0.497 e. The number of thioether (sulfide) groups is 1. The van der Waals surface area contributed by atoms with E-state index in [1.54, 1.807) is 30.3 Å². The molecule has 0 N–H and O–H groups in total. The Morgan fingerprint density at radius 3 is 2.46 bits per heavy atom. The number of nitrogens with zero attached hydrogens (tertiary/aromatic N) is 2. The fraction of sp³-hybridized carbons (Fsp3) is 0.333. The molecule has 0 radical (unpaired) electrons. The second kappa shape index (κ2) is 8.92. The van der Waals surface area contributed by atoms with Crippen LogP contribution in [0.3, 0.4) is 0 Å². The predicted molar refractivity (Wildman–Crippen MR) is 93.2 cm³/mol. The average Bonchev–Trinajstić information content (AvgIpc) is 2.64. The summed E-state index contributed by atoms with van der Waals surface area (Å²) in [6.45, 7) is 2.70. The zero-order valence-electron chi connectivity index (χ0n) is 14.3. The first-order chi connectivity index (χ1) is 12.4. The van der Waals surface area contributed by atoms with Crippen molar-refractivity contribution < 1.29 is 22.6 Å². The van der Waals surface area contributed by atoms with Crippen LogP contribution in [0.4, 0.5) is 13.2 Å². The van der Waals surface area contributed by atoms with Gasteiger partial charge in [0.2, 0.25) is 0 Å². The van der Waals surface area contributed by atoms with Gasteiger partial charge < -0.3 is 9.47 Å². The van der Waals surface area contributed by atoms with Crippen molar-refractivity contribution in [1.82, 2.24) is 4.98 Å². The van der Waals surface area contributed by atoms with Crippen molar-refractivity contribution in [1.29, 1.82) is 5.26 Å². The maximum atomic E-state index is 13.4. The minimum absolute atomic E-state index is 0.0489. The summed E-state index contributed by atoms with van der Waals surface area (Å²) in [4.78, 5) is 4.29. The quantitative estimate of drug-likeness (QED) is 0.510. The first-order valence-electron chi connectivity index (χ1n) is 7.78. The van der Waals surface area contributed by atoms with Crippen molar-refractivity contribution >= 4 is 11.8 Å². The Morgan fingerprint density at radius 1 is 1.23 bits per heavy atom. The van der Waals surface area contributed by atoms with E-state index in [1.165, 1.54) is 7.11 Å². The van der Waals surface area contributed by atoms with Gasteiger partial charge in [0.15, 0.2) is 0 Å². The van der Waals surface area contributed by atoms with Gasteiger partial charge in [-0.3, -0.25) is 0 Å². The Balaban J connectivity index is 2.49. The summed E-state index contributed by atoms with van der Waals surface area (Å²) < 4.78 is 50.6. The summed E-state index contributed by atoms with van der Waals surface area (Å²) in [5.41, 5.74) is -0.790. The fourth-order valence-electron chi connectivity index (χ4n) is 2.21. The third kappa shape index (κ3) is 4.90. The van der Waals surface area contributed by atoms with Crippen LogP contribution < -0.4 is 4.74 Å². The van der Waals surface area contributed by atoms with Gasteiger partial charge in [0, 0.05) is 17.9 Å². The van der Waals surface area contributed by atoms with Crippen molar-refractivity contribution in [2.24, 2.45) is 0 Å². The molecule has 0 amide bonds. The van der Waals surface area contributed by atoms with Crippen LogP contribution in [-0.2, 0) is 10.9 Å². The van der Waals surface area contributed by atoms with Crippen molar-refractivity contribution in [2.75, 3.05) is 26.1 Å². The zero-order chi connectivity index (χ0) is 19.2. The number of ether oxygens (including phenoxy) is 2. The highest BCUT2D eigenvalue weighted by atomic mass is 32.2. The minimum atomic E-state index is -4.65. The van der Waals surface area contributed by atoms with Crippen molar-refractivity contribution in [3.8, 4) is 23.1 Å². The summed E-state index contributed by atoms with van der Waals surface area (Å²) in [6.07, 6.45) is -4.65. The second-order valence-electron chi connectivity index (χ2n) is 5.12. The highest BCUT2D eigenvalue weighted by Crippen LogP contribution is 2.38. The molecule has 0 saturated carbocycles. The molecule has 26 heavy (non-hydrogen) atoms. The summed E-state index contributed by atoms with van der Waals surface area (Å²) in [6, 6.07) is 9.09. The van der Waals surface area contributed by atoms with Gasteiger partial charge in [0.1, 0.15) is 16.8 Å². The maximum absolute atomic E-state index is 13.4. The lowest BCUT2D eigenvalue weighted by Crippen LogP contribution is -2.11. The molecule has 4 nitrogen and oxygen atoms in total. The molecular weight excluding hydrogens is 365 g/mol. The molecule has 0 atom stereocenters. The Kier molecular flexibility index (Phi) is 6.89. The zero-order valence-corrected chi connectivity index (χ0v) is 15.1. The van der Waals surface area contributed by atoms with Crippen LogP contribution in [0.5, 0.6) is 5.75 Å². The van der Waals surface area contributed by atoms with Gasteiger partial charge in [-0.25, -0.2) is 4.98 Å². The van der Waals surface area contributed by atoms with Crippen LogP contribution in [0.15, 0.2) is 35.4 Å². The van der Waals surface area contributed by atoms with Gasteiger partial charge in [0.05, 0.1) is 30.5 Å². The molecule has 0 unspecified atom stereocenters. The molecule has 2 aromatic rings. The number of halogens is 3. The van der Waals surface area contributed by atoms with E-state index < -0.39 is 17.3 Å². The van der Waals surface area contributed by atoms with E-state index in [0.29, 0.717) is 30.3 Å². The summed E-state index contributed by atoms with van der Waals surface area (Å²) in [7, 11) is 1.50. The van der Waals surface area contributed by atoms with E-state index in [2.05, 4.69) is 4.98 Å². The average molecular weight is 382 g/mol. The third-order valence-corrected chi connectivity index (χ3v) is 4.40. The Hall–Kier alpha value is -2.24. The number of hydrogen-bond acceptors (Lipinski definition) is 5. The topological polar surface area (TPSA) is 55.1 Å². The number of alkyl halides is 3. The molecule has 1 aromatic carbocycles. The number of methoxy groups -OCH3 is 1. The molecule has 138 valence electrons. The maximum Gasteiger partial charge on any atom is 0.417 e. The number of benzene rings is 1. The van der Waals surface area contributed by atoms with Gasteiger partial charge in [-0.2, -0.15) is 18.4 Å². The van der Waals surface area contributed by atoms with Gasteiger partial charge >= 0.3 is 6.18 Å². The highest BCUT2D eigenvalue weighted by Gasteiger charge is 2.36. The van der Waals surface area contributed by atoms with E-state index in [9.17, 15) is 18.4 Å². The summed E-state index contributed by atoms with van der Waals surface area (Å²) in [5, 5.41) is 9.29. The summed E-state index contributed by atoms with van der Waals surface area (Å²) in [5.74, 6) is 0.989. The molecule has 1 heterocycles. The summed E-state index contributed by atoms with van der Waals surface area (Å²) >= 11 is 1.08. The smallest absolute Gasteiger partial charge is 0.417 e. The lowest BCUT2D eigenvalue weighted by Gasteiger charge is -2.14. The number of nitriles is 1. The molecule has 0 aliphatic rings. The van der Waals surface area contributed by atoms with E-state index in [4.69, 9.17) is 9.47 Å². The molecular formula is C18H17F3N2O2S. The third-order valence-electron chi connectivity index (χ3n) is 3.46. The molecule has 0 aliphatic carbocycles. The normalized spacial score (nSPS) is 11.2. The van der Waals surface area contributed by atoms with Gasteiger partial charge in [-0.05, 0) is 37.3 Å². The van der Waals surface area contributed by atoms with E-state index >= 15 is 0 Å². The van der Waals surface area contributed by atoms with Gasteiger partial charge in [0.25, 0.3) is 0 Å². The number of rotatable bonds is 7. The highest BCUT2D eigenvalue weighted by molar-refractivity contribution is 7.99. The molecule has 0 aliphatic heterocycles. The second-order valence-corrected chi connectivity index (χ2v) is 6.20.